The fourth-order valence-corrected chi connectivity index (χ4v) is 2.09. The summed E-state index contributed by atoms with van der Waals surface area (Å²) in [6.45, 7) is 2.06. The molecule has 20 heavy (non-hydrogen) atoms. The molecule has 102 valence electrons. The van der Waals surface area contributed by atoms with Crippen molar-refractivity contribution in [3.05, 3.63) is 65.7 Å². The first-order valence-corrected chi connectivity index (χ1v) is 6.59. The quantitative estimate of drug-likeness (QED) is 0.899. The highest BCUT2D eigenvalue weighted by Crippen LogP contribution is 2.21. The number of benzene rings is 2. The van der Waals surface area contributed by atoms with Crippen LogP contribution in [-0.4, -0.2) is 7.11 Å². The van der Waals surface area contributed by atoms with Crippen molar-refractivity contribution in [3.8, 4) is 11.8 Å². The molecule has 0 aliphatic heterocycles. The van der Waals surface area contributed by atoms with Crippen LogP contribution in [0.2, 0.25) is 0 Å². The van der Waals surface area contributed by atoms with E-state index in [4.69, 9.17) is 4.74 Å². The lowest BCUT2D eigenvalue weighted by Gasteiger charge is -2.19. The summed E-state index contributed by atoms with van der Waals surface area (Å²) in [5.74, 6) is 0.793. The van der Waals surface area contributed by atoms with Crippen LogP contribution in [0, 0.1) is 11.3 Å². The van der Waals surface area contributed by atoms with E-state index >= 15 is 0 Å². The van der Waals surface area contributed by atoms with E-state index < -0.39 is 0 Å². The average Bonchev–Trinajstić information content (AvgIpc) is 2.53. The Hall–Kier alpha value is -2.31. The SMILES string of the molecule is COc1ccc(C(C#N)NC(C)c2ccccc2)cc1. The zero-order valence-electron chi connectivity index (χ0n) is 11.7. The summed E-state index contributed by atoms with van der Waals surface area (Å²) in [6.07, 6.45) is 0. The molecule has 3 nitrogen and oxygen atoms in total. The first-order valence-electron chi connectivity index (χ1n) is 6.59. The molecule has 2 atom stereocenters. The van der Waals surface area contributed by atoms with Crippen molar-refractivity contribution < 1.29 is 4.74 Å². The third kappa shape index (κ3) is 3.37. The molecular formula is C17H18N2O. The van der Waals surface area contributed by atoms with Crippen LogP contribution >= 0.6 is 0 Å². The van der Waals surface area contributed by atoms with Crippen LogP contribution in [0.15, 0.2) is 54.6 Å². The number of ether oxygens (including phenoxy) is 1. The summed E-state index contributed by atoms with van der Waals surface area (Å²) in [5, 5.41) is 12.7. The zero-order valence-corrected chi connectivity index (χ0v) is 11.7. The number of hydrogen-bond acceptors (Lipinski definition) is 3. The molecule has 0 saturated carbocycles. The summed E-state index contributed by atoms with van der Waals surface area (Å²) in [6, 6.07) is 19.8. The maximum absolute atomic E-state index is 9.36. The Labute approximate surface area is 119 Å². The summed E-state index contributed by atoms with van der Waals surface area (Å²) in [7, 11) is 1.63. The largest absolute Gasteiger partial charge is 0.497 e. The molecule has 0 aliphatic carbocycles. The van der Waals surface area contributed by atoms with Crippen molar-refractivity contribution in [1.29, 1.82) is 5.26 Å². The smallest absolute Gasteiger partial charge is 0.121 e. The van der Waals surface area contributed by atoms with Crippen molar-refractivity contribution in [2.75, 3.05) is 7.11 Å². The van der Waals surface area contributed by atoms with Crippen molar-refractivity contribution >= 4 is 0 Å². The van der Waals surface area contributed by atoms with Gasteiger partial charge in [0.1, 0.15) is 11.8 Å². The first-order chi connectivity index (χ1) is 9.74. The molecule has 0 radical (unpaired) electrons. The highest BCUT2D eigenvalue weighted by molar-refractivity contribution is 5.32. The minimum absolute atomic E-state index is 0.114. The fraction of sp³-hybridized carbons (Fsp3) is 0.235. The second kappa shape index (κ2) is 6.74. The Morgan fingerprint density at radius 1 is 1.00 bits per heavy atom. The predicted molar refractivity (Wildman–Crippen MR) is 79.3 cm³/mol. The summed E-state index contributed by atoms with van der Waals surface area (Å²) in [5.41, 5.74) is 2.11. The van der Waals surface area contributed by atoms with E-state index in [-0.39, 0.29) is 12.1 Å². The van der Waals surface area contributed by atoms with Gasteiger partial charge in [-0.2, -0.15) is 5.26 Å². The van der Waals surface area contributed by atoms with E-state index in [1.807, 2.05) is 42.5 Å². The molecule has 0 spiro atoms. The molecule has 0 saturated heterocycles. The number of nitriles is 1. The lowest BCUT2D eigenvalue weighted by atomic mass is 10.0. The zero-order chi connectivity index (χ0) is 14.4. The molecule has 0 bridgehead atoms. The molecule has 3 heteroatoms. The molecule has 0 aromatic heterocycles. The van der Waals surface area contributed by atoms with Gasteiger partial charge in [0.15, 0.2) is 0 Å². The van der Waals surface area contributed by atoms with Gasteiger partial charge in [0.2, 0.25) is 0 Å². The highest BCUT2D eigenvalue weighted by atomic mass is 16.5. The molecule has 1 N–H and O–H groups in total. The molecule has 2 aromatic rings. The first kappa shape index (κ1) is 14.1. The molecule has 0 heterocycles. The van der Waals surface area contributed by atoms with E-state index in [1.165, 1.54) is 5.56 Å². The van der Waals surface area contributed by atoms with Gasteiger partial charge in [-0.3, -0.25) is 5.32 Å². The van der Waals surface area contributed by atoms with Crippen molar-refractivity contribution in [2.24, 2.45) is 0 Å². The summed E-state index contributed by atoms with van der Waals surface area (Å²) >= 11 is 0. The fourth-order valence-electron chi connectivity index (χ4n) is 2.09. The van der Waals surface area contributed by atoms with E-state index in [1.54, 1.807) is 7.11 Å². The van der Waals surface area contributed by atoms with Crippen molar-refractivity contribution in [3.63, 3.8) is 0 Å². The number of rotatable bonds is 5. The molecule has 2 aromatic carbocycles. The Morgan fingerprint density at radius 3 is 2.20 bits per heavy atom. The molecular weight excluding hydrogens is 248 g/mol. The van der Waals surface area contributed by atoms with Gasteiger partial charge in [-0.25, -0.2) is 0 Å². The van der Waals surface area contributed by atoms with Crippen LogP contribution in [0.4, 0.5) is 0 Å². The molecule has 2 unspecified atom stereocenters. The van der Waals surface area contributed by atoms with Crippen molar-refractivity contribution in [1.82, 2.24) is 5.32 Å². The number of nitrogens with zero attached hydrogens (tertiary/aromatic N) is 1. The Bertz CT molecular complexity index is 572. The third-order valence-corrected chi connectivity index (χ3v) is 3.29. The predicted octanol–water partition coefficient (Wildman–Crippen LogP) is 3.61. The van der Waals surface area contributed by atoms with Gasteiger partial charge in [0.25, 0.3) is 0 Å². The van der Waals surface area contributed by atoms with Gasteiger partial charge in [0, 0.05) is 6.04 Å². The van der Waals surface area contributed by atoms with E-state index in [2.05, 4.69) is 30.4 Å². The van der Waals surface area contributed by atoms with Crippen molar-refractivity contribution in [2.45, 2.75) is 19.0 Å². The van der Waals surface area contributed by atoms with Crippen LogP contribution in [0.1, 0.15) is 30.1 Å². The number of methoxy groups -OCH3 is 1. The van der Waals surface area contributed by atoms with Crippen LogP contribution in [-0.2, 0) is 0 Å². The van der Waals surface area contributed by atoms with Gasteiger partial charge in [-0.05, 0) is 30.2 Å². The van der Waals surface area contributed by atoms with Gasteiger partial charge >= 0.3 is 0 Å². The normalized spacial score (nSPS) is 13.2. The third-order valence-electron chi connectivity index (χ3n) is 3.29. The van der Waals surface area contributed by atoms with E-state index in [0.29, 0.717) is 0 Å². The van der Waals surface area contributed by atoms with Crippen LogP contribution in [0.5, 0.6) is 5.75 Å². The molecule has 0 amide bonds. The maximum atomic E-state index is 9.36. The molecule has 0 fully saturated rings. The van der Waals surface area contributed by atoms with Gasteiger partial charge in [-0.1, -0.05) is 42.5 Å². The topological polar surface area (TPSA) is 45.0 Å². The van der Waals surface area contributed by atoms with Crippen LogP contribution in [0.3, 0.4) is 0 Å². The van der Waals surface area contributed by atoms with E-state index in [0.717, 1.165) is 11.3 Å². The average molecular weight is 266 g/mol. The van der Waals surface area contributed by atoms with E-state index in [9.17, 15) is 5.26 Å². The minimum Gasteiger partial charge on any atom is -0.497 e. The molecule has 0 aliphatic rings. The lowest BCUT2D eigenvalue weighted by molar-refractivity contribution is 0.414. The minimum atomic E-state index is -0.337. The Balaban J connectivity index is 2.11. The second-order valence-corrected chi connectivity index (χ2v) is 4.63. The van der Waals surface area contributed by atoms with Gasteiger partial charge in [0.05, 0.1) is 13.2 Å². The molecule has 2 rings (SSSR count). The standard InChI is InChI=1S/C17H18N2O/c1-13(14-6-4-3-5-7-14)19-17(12-18)15-8-10-16(20-2)11-9-15/h3-11,13,17,19H,1-2H3. The van der Waals surface area contributed by atoms with Gasteiger partial charge in [-0.15, -0.1) is 0 Å². The maximum Gasteiger partial charge on any atom is 0.121 e. The summed E-state index contributed by atoms with van der Waals surface area (Å²) < 4.78 is 5.13. The number of hydrogen-bond donors (Lipinski definition) is 1. The van der Waals surface area contributed by atoms with Gasteiger partial charge < -0.3 is 4.74 Å². The second-order valence-electron chi connectivity index (χ2n) is 4.63. The lowest BCUT2D eigenvalue weighted by Crippen LogP contribution is -2.23. The van der Waals surface area contributed by atoms with Crippen LogP contribution in [0.25, 0.3) is 0 Å². The monoisotopic (exact) mass is 266 g/mol. The van der Waals surface area contributed by atoms with Crippen LogP contribution < -0.4 is 10.1 Å². The number of nitrogens with one attached hydrogen (secondary N) is 1. The Morgan fingerprint density at radius 2 is 1.65 bits per heavy atom. The highest BCUT2D eigenvalue weighted by Gasteiger charge is 2.14. The Kier molecular flexibility index (Phi) is 4.75. The summed E-state index contributed by atoms with van der Waals surface area (Å²) in [4.78, 5) is 0.